The number of pyridine rings is 1. The molecule has 0 spiro atoms. The number of aromatic nitrogens is 1. The van der Waals surface area contributed by atoms with Gasteiger partial charge in [0.2, 0.25) is 15.9 Å². The van der Waals surface area contributed by atoms with Crippen molar-refractivity contribution in [1.82, 2.24) is 9.29 Å². The molecule has 1 saturated heterocycles. The fourth-order valence-corrected chi connectivity index (χ4v) is 4.21. The minimum absolute atomic E-state index is 0.164. The lowest BCUT2D eigenvalue weighted by Crippen LogP contribution is -2.56. The van der Waals surface area contributed by atoms with Gasteiger partial charge < -0.3 is 14.2 Å². The second kappa shape index (κ2) is 6.48. The zero-order valence-corrected chi connectivity index (χ0v) is 14.5. The second-order valence-electron chi connectivity index (χ2n) is 5.86. The molecule has 9 heteroatoms. The number of fused-ring (bicyclic) bond motifs is 1. The van der Waals surface area contributed by atoms with Crippen molar-refractivity contribution in [2.75, 3.05) is 26.3 Å². The van der Waals surface area contributed by atoms with Crippen LogP contribution in [0.5, 0.6) is 17.4 Å². The molecule has 1 fully saturated rings. The van der Waals surface area contributed by atoms with E-state index in [9.17, 15) is 8.42 Å². The van der Waals surface area contributed by atoms with Gasteiger partial charge in [-0.15, -0.1) is 0 Å². The summed E-state index contributed by atoms with van der Waals surface area (Å²) in [6, 6.07) is 9.78. The average molecular weight is 373 g/mol. The number of hydrogen-bond donors (Lipinski definition) is 0. The molecule has 0 bridgehead atoms. The highest BCUT2D eigenvalue weighted by Gasteiger charge is 2.38. The summed E-state index contributed by atoms with van der Waals surface area (Å²) in [6.07, 6.45) is 1.14. The average Bonchev–Trinajstić information content (AvgIpc) is 2.64. The van der Waals surface area contributed by atoms with Gasteiger partial charge in [-0.1, -0.05) is 0 Å². The Balaban J connectivity index is 1.41. The third-order valence-corrected chi connectivity index (χ3v) is 5.95. The Kier molecular flexibility index (Phi) is 4.14. The Morgan fingerprint density at radius 3 is 2.62 bits per heavy atom. The summed E-state index contributed by atoms with van der Waals surface area (Å²) in [7, 11) is -3.62. The van der Waals surface area contributed by atoms with E-state index >= 15 is 0 Å². The van der Waals surface area contributed by atoms with Gasteiger partial charge in [0.25, 0.3) is 0 Å². The predicted molar refractivity (Wildman–Crippen MR) is 89.6 cm³/mol. The first-order valence-corrected chi connectivity index (χ1v) is 9.43. The number of benzene rings is 1. The monoisotopic (exact) mass is 373 g/mol. The largest absolute Gasteiger partial charge is 0.486 e. The molecule has 1 aromatic carbocycles. The van der Waals surface area contributed by atoms with Crippen LogP contribution in [0, 0.1) is 11.3 Å². The Morgan fingerprint density at radius 2 is 1.92 bits per heavy atom. The van der Waals surface area contributed by atoms with Crippen LogP contribution in [0.4, 0.5) is 0 Å². The van der Waals surface area contributed by atoms with E-state index in [0.717, 1.165) is 0 Å². The van der Waals surface area contributed by atoms with Crippen molar-refractivity contribution < 1.29 is 22.6 Å². The van der Waals surface area contributed by atoms with Crippen LogP contribution in [0.3, 0.4) is 0 Å². The molecule has 4 rings (SSSR count). The Labute approximate surface area is 150 Å². The predicted octanol–water partition coefficient (Wildman–Crippen LogP) is 1.18. The van der Waals surface area contributed by atoms with Gasteiger partial charge in [0, 0.05) is 18.3 Å². The molecule has 2 aliphatic heterocycles. The van der Waals surface area contributed by atoms with E-state index in [2.05, 4.69) is 4.98 Å². The maximum atomic E-state index is 12.7. The maximum absolute atomic E-state index is 12.7. The van der Waals surface area contributed by atoms with Crippen LogP contribution in [-0.2, 0) is 10.0 Å². The van der Waals surface area contributed by atoms with Gasteiger partial charge in [0.05, 0.1) is 23.5 Å². The van der Waals surface area contributed by atoms with Gasteiger partial charge in [-0.2, -0.15) is 9.57 Å². The van der Waals surface area contributed by atoms with Gasteiger partial charge in [-0.3, -0.25) is 0 Å². The number of ether oxygens (including phenoxy) is 3. The molecule has 0 amide bonds. The summed E-state index contributed by atoms with van der Waals surface area (Å²) < 4.78 is 43.2. The van der Waals surface area contributed by atoms with Crippen molar-refractivity contribution in [3.05, 3.63) is 42.1 Å². The molecule has 0 unspecified atom stereocenters. The van der Waals surface area contributed by atoms with Crippen LogP contribution in [0.15, 0.2) is 41.4 Å². The zero-order chi connectivity index (χ0) is 18.1. The molecule has 8 nitrogen and oxygen atoms in total. The molecule has 0 atom stereocenters. The van der Waals surface area contributed by atoms with Crippen molar-refractivity contribution in [3.63, 3.8) is 0 Å². The lowest BCUT2D eigenvalue weighted by Gasteiger charge is -2.37. The number of nitriles is 1. The normalized spacial score (nSPS) is 17.2. The van der Waals surface area contributed by atoms with Crippen LogP contribution in [-0.4, -0.2) is 50.1 Å². The molecule has 2 aliphatic rings. The van der Waals surface area contributed by atoms with E-state index in [4.69, 9.17) is 19.5 Å². The molecular formula is C17H15N3O5S. The summed E-state index contributed by atoms with van der Waals surface area (Å²) in [5.74, 6) is 1.35. The first-order chi connectivity index (χ1) is 12.6. The topological polar surface area (TPSA) is 102 Å². The fraction of sp³-hybridized carbons (Fsp3) is 0.294. The highest BCUT2D eigenvalue weighted by atomic mass is 32.2. The van der Waals surface area contributed by atoms with Crippen molar-refractivity contribution >= 4 is 10.0 Å². The fourth-order valence-electron chi connectivity index (χ4n) is 2.69. The molecule has 134 valence electrons. The summed E-state index contributed by atoms with van der Waals surface area (Å²) in [6.45, 7) is 1.32. The molecule has 3 heterocycles. The quantitative estimate of drug-likeness (QED) is 0.793. The van der Waals surface area contributed by atoms with Gasteiger partial charge in [-0.05, 0) is 18.2 Å². The smallest absolute Gasteiger partial charge is 0.243 e. The SMILES string of the molecule is N#Cc1ccc(OC2CN(S(=O)(=O)c3ccc4c(c3)OCCO4)C2)nc1. The standard InChI is InChI=1S/C17H15N3O5S/c18-8-12-1-4-17(19-9-12)25-13-10-20(11-13)26(21,22)14-2-3-15-16(7-14)24-6-5-23-15/h1-4,7,9,13H,5-6,10-11H2. The van der Waals surface area contributed by atoms with Crippen molar-refractivity contribution in [3.8, 4) is 23.4 Å². The van der Waals surface area contributed by atoms with E-state index in [1.807, 2.05) is 6.07 Å². The maximum Gasteiger partial charge on any atom is 0.243 e. The van der Waals surface area contributed by atoms with E-state index < -0.39 is 10.0 Å². The molecular weight excluding hydrogens is 358 g/mol. The molecule has 0 radical (unpaired) electrons. The van der Waals surface area contributed by atoms with Crippen LogP contribution < -0.4 is 14.2 Å². The molecule has 0 aliphatic carbocycles. The van der Waals surface area contributed by atoms with E-state index in [1.165, 1.54) is 22.6 Å². The van der Waals surface area contributed by atoms with Gasteiger partial charge >= 0.3 is 0 Å². The molecule has 2 aromatic rings. The van der Waals surface area contributed by atoms with Crippen LogP contribution >= 0.6 is 0 Å². The highest BCUT2D eigenvalue weighted by molar-refractivity contribution is 7.89. The van der Waals surface area contributed by atoms with Crippen LogP contribution in [0.2, 0.25) is 0 Å². The van der Waals surface area contributed by atoms with Gasteiger partial charge in [0.1, 0.15) is 25.4 Å². The summed E-state index contributed by atoms with van der Waals surface area (Å²) >= 11 is 0. The van der Waals surface area contributed by atoms with Gasteiger partial charge in [0.15, 0.2) is 11.5 Å². The first kappa shape index (κ1) is 16.6. The molecule has 26 heavy (non-hydrogen) atoms. The van der Waals surface area contributed by atoms with Crippen LogP contribution in [0.1, 0.15) is 5.56 Å². The van der Waals surface area contributed by atoms with E-state index in [0.29, 0.717) is 36.2 Å². The van der Waals surface area contributed by atoms with Crippen molar-refractivity contribution in [2.24, 2.45) is 0 Å². The lowest BCUT2D eigenvalue weighted by molar-refractivity contribution is 0.0720. The summed E-state index contributed by atoms with van der Waals surface area (Å²) in [4.78, 5) is 4.19. The summed E-state index contributed by atoms with van der Waals surface area (Å²) in [5, 5.41) is 8.75. The molecule has 1 aromatic heterocycles. The van der Waals surface area contributed by atoms with Gasteiger partial charge in [-0.25, -0.2) is 13.4 Å². The minimum Gasteiger partial charge on any atom is -0.486 e. The second-order valence-corrected chi connectivity index (χ2v) is 7.80. The third-order valence-electron chi connectivity index (χ3n) is 4.12. The van der Waals surface area contributed by atoms with E-state index in [-0.39, 0.29) is 24.1 Å². The zero-order valence-electron chi connectivity index (χ0n) is 13.7. The van der Waals surface area contributed by atoms with Crippen molar-refractivity contribution in [1.29, 1.82) is 5.26 Å². The number of rotatable bonds is 4. The first-order valence-electron chi connectivity index (χ1n) is 7.99. The summed E-state index contributed by atoms with van der Waals surface area (Å²) in [5.41, 5.74) is 0.439. The highest BCUT2D eigenvalue weighted by Crippen LogP contribution is 2.34. The van der Waals surface area contributed by atoms with Crippen molar-refractivity contribution in [2.45, 2.75) is 11.0 Å². The lowest BCUT2D eigenvalue weighted by atomic mass is 10.2. The third kappa shape index (κ3) is 3.05. The van der Waals surface area contributed by atoms with E-state index in [1.54, 1.807) is 18.2 Å². The minimum atomic E-state index is -3.62. The number of nitrogens with zero attached hydrogens (tertiary/aromatic N) is 3. The Bertz CT molecular complexity index is 963. The number of sulfonamides is 1. The number of hydrogen-bond acceptors (Lipinski definition) is 7. The molecule has 0 N–H and O–H groups in total. The Hall–Kier alpha value is -2.83. The Morgan fingerprint density at radius 1 is 1.15 bits per heavy atom. The van der Waals surface area contributed by atoms with Crippen LogP contribution in [0.25, 0.3) is 0 Å². The molecule has 0 saturated carbocycles.